The Morgan fingerprint density at radius 1 is 1.65 bits per heavy atom. The molecule has 1 heterocycles. The van der Waals surface area contributed by atoms with Gasteiger partial charge in [0.05, 0.1) is 18.9 Å². The first-order valence-corrected chi connectivity index (χ1v) is 4.19. The first kappa shape index (κ1) is 12.7. The average Bonchev–Trinajstić information content (AvgIpc) is 2.26. The average molecular weight is 247 g/mol. The zero-order chi connectivity index (χ0) is 13.2. The lowest BCUT2D eigenvalue weighted by Gasteiger charge is -2.06. The minimum Gasteiger partial charge on any atom is -0.465 e. The molecule has 92 valence electrons. The molecule has 0 radical (unpaired) electrons. The van der Waals surface area contributed by atoms with Crippen molar-refractivity contribution in [2.45, 2.75) is 6.43 Å². The number of aromatic nitrogens is 1. The predicted octanol–water partition coefficient (Wildman–Crippen LogP) is 1.30. The van der Waals surface area contributed by atoms with Crippen LogP contribution in [0.5, 0.6) is 0 Å². The molecule has 0 saturated heterocycles. The van der Waals surface area contributed by atoms with E-state index in [0.29, 0.717) is 0 Å². The van der Waals surface area contributed by atoms with E-state index < -0.39 is 40.1 Å². The number of hydrogen-bond acceptors (Lipinski definition) is 6. The number of rotatable bonds is 3. The predicted molar refractivity (Wildman–Crippen MR) is 51.6 cm³/mol. The number of nitrogens with two attached hydrogens (primary N) is 1. The topological polar surface area (TPSA) is 108 Å². The Balaban J connectivity index is 3.49. The SMILES string of the molecule is COC(=O)c1c(N)cc([N+](=O)[O-])nc1C(F)F. The second-order valence-corrected chi connectivity index (χ2v) is 2.88. The number of halogens is 2. The van der Waals surface area contributed by atoms with Crippen LogP contribution in [0.1, 0.15) is 22.5 Å². The van der Waals surface area contributed by atoms with Crippen LogP contribution in [0.25, 0.3) is 0 Å². The van der Waals surface area contributed by atoms with Gasteiger partial charge in [0.25, 0.3) is 0 Å². The number of carbonyl (C=O) groups is 1. The van der Waals surface area contributed by atoms with Crippen molar-refractivity contribution in [3.63, 3.8) is 0 Å². The third-order valence-electron chi connectivity index (χ3n) is 1.85. The molecule has 7 nitrogen and oxygen atoms in total. The molecule has 17 heavy (non-hydrogen) atoms. The second-order valence-electron chi connectivity index (χ2n) is 2.88. The first-order chi connectivity index (χ1) is 7.88. The molecule has 0 saturated carbocycles. The van der Waals surface area contributed by atoms with Gasteiger partial charge in [-0.3, -0.25) is 0 Å². The summed E-state index contributed by atoms with van der Waals surface area (Å²) in [5, 5.41) is 10.4. The van der Waals surface area contributed by atoms with Crippen molar-refractivity contribution >= 4 is 17.5 Å². The van der Waals surface area contributed by atoms with Crippen LogP contribution in [0.15, 0.2) is 6.07 Å². The summed E-state index contributed by atoms with van der Waals surface area (Å²) in [7, 11) is 0.971. The number of carbonyl (C=O) groups excluding carboxylic acids is 1. The van der Waals surface area contributed by atoms with Crippen LogP contribution in [-0.2, 0) is 4.74 Å². The smallest absolute Gasteiger partial charge is 0.366 e. The van der Waals surface area contributed by atoms with Gasteiger partial charge in [-0.15, -0.1) is 0 Å². The number of nitro groups is 1. The lowest BCUT2D eigenvalue weighted by atomic mass is 10.1. The molecule has 0 aliphatic rings. The zero-order valence-electron chi connectivity index (χ0n) is 8.52. The maximum atomic E-state index is 12.6. The van der Waals surface area contributed by atoms with E-state index in [1.54, 1.807) is 0 Å². The van der Waals surface area contributed by atoms with Gasteiger partial charge in [-0.2, -0.15) is 0 Å². The molecule has 0 aromatic carbocycles. The summed E-state index contributed by atoms with van der Waals surface area (Å²) in [6.07, 6.45) is -3.17. The number of methoxy groups -OCH3 is 1. The standard InChI is InChI=1S/C8H7F2N3O4/c1-17-8(14)5-3(11)2-4(13(15)16)12-6(5)7(9)10/h2,7H,1H3,(H2,11,12). The molecule has 0 aliphatic heterocycles. The monoisotopic (exact) mass is 247 g/mol. The van der Waals surface area contributed by atoms with E-state index in [0.717, 1.165) is 13.2 Å². The summed E-state index contributed by atoms with van der Waals surface area (Å²) in [6, 6.07) is 0.720. The van der Waals surface area contributed by atoms with Crippen LogP contribution in [0.2, 0.25) is 0 Å². The maximum Gasteiger partial charge on any atom is 0.366 e. The van der Waals surface area contributed by atoms with E-state index in [1.165, 1.54) is 0 Å². The van der Waals surface area contributed by atoms with E-state index in [1.807, 2.05) is 0 Å². The second kappa shape index (κ2) is 4.68. The van der Waals surface area contributed by atoms with Crippen molar-refractivity contribution in [3.8, 4) is 0 Å². The van der Waals surface area contributed by atoms with Gasteiger partial charge in [0.2, 0.25) is 5.69 Å². The van der Waals surface area contributed by atoms with Crippen molar-refractivity contribution in [2.75, 3.05) is 12.8 Å². The van der Waals surface area contributed by atoms with Gasteiger partial charge in [0, 0.05) is 0 Å². The van der Waals surface area contributed by atoms with Crippen LogP contribution in [-0.4, -0.2) is 23.0 Å². The normalized spacial score (nSPS) is 10.4. The Bertz CT molecular complexity index is 478. The van der Waals surface area contributed by atoms with Crippen molar-refractivity contribution in [1.82, 2.24) is 4.98 Å². The fourth-order valence-electron chi connectivity index (χ4n) is 1.15. The Labute approximate surface area is 93.3 Å². The van der Waals surface area contributed by atoms with E-state index in [-0.39, 0.29) is 0 Å². The molecule has 0 aliphatic carbocycles. The van der Waals surface area contributed by atoms with Crippen LogP contribution in [0.3, 0.4) is 0 Å². The van der Waals surface area contributed by atoms with E-state index in [4.69, 9.17) is 5.73 Å². The molecule has 1 aromatic heterocycles. The summed E-state index contributed by atoms with van der Waals surface area (Å²) in [5.74, 6) is -1.98. The highest BCUT2D eigenvalue weighted by Gasteiger charge is 2.30. The molecule has 0 unspecified atom stereocenters. The van der Waals surface area contributed by atoms with Crippen LogP contribution in [0.4, 0.5) is 20.3 Å². The highest BCUT2D eigenvalue weighted by atomic mass is 19.3. The molecule has 1 rings (SSSR count). The number of nitrogens with zero attached hydrogens (tertiary/aromatic N) is 2. The minimum atomic E-state index is -3.17. The van der Waals surface area contributed by atoms with Gasteiger partial charge in [0.15, 0.2) is 0 Å². The number of ether oxygens (including phenoxy) is 1. The molecule has 0 spiro atoms. The molecule has 1 aromatic rings. The molecule has 0 atom stereocenters. The molecule has 9 heteroatoms. The highest BCUT2D eigenvalue weighted by Crippen LogP contribution is 2.28. The molecule has 0 amide bonds. The summed E-state index contributed by atoms with van der Waals surface area (Å²) in [4.78, 5) is 23.7. The fraction of sp³-hybridized carbons (Fsp3) is 0.250. The lowest BCUT2D eigenvalue weighted by Crippen LogP contribution is -2.13. The summed E-state index contributed by atoms with van der Waals surface area (Å²) in [6.45, 7) is 0. The van der Waals surface area contributed by atoms with Gasteiger partial charge in [0.1, 0.15) is 5.56 Å². The van der Waals surface area contributed by atoms with Crippen molar-refractivity contribution in [1.29, 1.82) is 0 Å². The molecule has 0 fully saturated rings. The van der Waals surface area contributed by atoms with Crippen molar-refractivity contribution in [3.05, 3.63) is 27.4 Å². The van der Waals surface area contributed by atoms with Crippen molar-refractivity contribution < 1.29 is 23.2 Å². The van der Waals surface area contributed by atoms with Gasteiger partial charge < -0.3 is 20.6 Å². The summed E-state index contributed by atoms with van der Waals surface area (Å²) >= 11 is 0. The number of alkyl halides is 2. The quantitative estimate of drug-likeness (QED) is 0.489. The number of pyridine rings is 1. The van der Waals surface area contributed by atoms with Crippen LogP contribution < -0.4 is 5.73 Å². The maximum absolute atomic E-state index is 12.6. The van der Waals surface area contributed by atoms with E-state index in [9.17, 15) is 23.7 Å². The van der Waals surface area contributed by atoms with E-state index >= 15 is 0 Å². The fourth-order valence-corrected chi connectivity index (χ4v) is 1.15. The Morgan fingerprint density at radius 2 is 2.24 bits per heavy atom. The van der Waals surface area contributed by atoms with Gasteiger partial charge in [-0.05, 0) is 9.91 Å². The third-order valence-corrected chi connectivity index (χ3v) is 1.85. The van der Waals surface area contributed by atoms with Gasteiger partial charge in [-0.25, -0.2) is 13.6 Å². The van der Waals surface area contributed by atoms with E-state index in [2.05, 4.69) is 9.72 Å². The Morgan fingerprint density at radius 3 is 2.65 bits per heavy atom. The van der Waals surface area contributed by atoms with Crippen LogP contribution in [0, 0.1) is 10.1 Å². The number of anilines is 1. The number of esters is 1. The highest BCUT2D eigenvalue weighted by molar-refractivity contribution is 5.96. The van der Waals surface area contributed by atoms with Gasteiger partial charge >= 0.3 is 18.2 Å². The Hall–Kier alpha value is -2.32. The van der Waals surface area contributed by atoms with Crippen molar-refractivity contribution in [2.24, 2.45) is 0 Å². The zero-order valence-corrected chi connectivity index (χ0v) is 8.52. The van der Waals surface area contributed by atoms with Crippen LogP contribution >= 0.6 is 0 Å². The molecular weight excluding hydrogens is 240 g/mol. The molecular formula is C8H7F2N3O4. The van der Waals surface area contributed by atoms with Gasteiger partial charge in [-0.1, -0.05) is 0 Å². The molecule has 2 N–H and O–H groups in total. The first-order valence-electron chi connectivity index (χ1n) is 4.19. The summed E-state index contributed by atoms with van der Waals surface area (Å²) in [5.41, 5.74) is 3.09. The summed E-state index contributed by atoms with van der Waals surface area (Å²) < 4.78 is 29.4. The Kier molecular flexibility index (Phi) is 3.51. The number of nitrogen functional groups attached to an aromatic ring is 1. The lowest BCUT2D eigenvalue weighted by molar-refractivity contribution is -0.389. The number of hydrogen-bond donors (Lipinski definition) is 1. The minimum absolute atomic E-state index is 0.478. The molecule has 0 bridgehead atoms. The largest absolute Gasteiger partial charge is 0.465 e. The third kappa shape index (κ3) is 2.44.